The van der Waals surface area contributed by atoms with Gasteiger partial charge in [0.2, 0.25) is 0 Å². The van der Waals surface area contributed by atoms with Crippen LogP contribution in [0.25, 0.3) is 32.7 Å². The van der Waals surface area contributed by atoms with Crippen LogP contribution in [-0.4, -0.2) is 18.8 Å². The Morgan fingerprint density at radius 1 is 0.368 bits per heavy atom. The van der Waals surface area contributed by atoms with E-state index in [1.807, 2.05) is 6.07 Å². The quantitative estimate of drug-likeness (QED) is 0.201. The Balaban J connectivity index is 0.000000133. The van der Waals surface area contributed by atoms with Crippen LogP contribution in [0.4, 0.5) is 0 Å². The third-order valence-electron chi connectivity index (χ3n) is 6.12. The zero-order chi connectivity index (χ0) is 26.6. The number of thioether (sulfide) groups is 3. The van der Waals surface area contributed by atoms with Crippen molar-refractivity contribution in [3.63, 3.8) is 0 Å². The van der Waals surface area contributed by atoms with Gasteiger partial charge in [-0.15, -0.1) is 35.3 Å². The first-order chi connectivity index (χ1) is 18.7. The van der Waals surface area contributed by atoms with Crippen molar-refractivity contribution < 1.29 is 0 Å². The van der Waals surface area contributed by atoms with Gasteiger partial charge >= 0.3 is 0 Å². The molecule has 0 amide bonds. The van der Waals surface area contributed by atoms with Crippen LogP contribution < -0.4 is 0 Å². The van der Waals surface area contributed by atoms with Crippen LogP contribution in [-0.2, 0) is 0 Å². The second-order valence-electron chi connectivity index (χ2n) is 8.49. The van der Waals surface area contributed by atoms with Crippen molar-refractivity contribution in [2.75, 3.05) is 18.8 Å². The highest BCUT2D eigenvalue weighted by Gasteiger charge is 1.97. The summed E-state index contributed by atoms with van der Waals surface area (Å²) in [6.45, 7) is 0. The summed E-state index contributed by atoms with van der Waals surface area (Å²) in [4.78, 5) is 3.99. The summed E-state index contributed by atoms with van der Waals surface area (Å²) in [6, 6.07) is 49.0. The zero-order valence-corrected chi connectivity index (χ0v) is 24.5. The van der Waals surface area contributed by atoms with Crippen LogP contribution in [0.3, 0.4) is 0 Å². The smallest absolute Gasteiger partial charge is 0.0148 e. The molecule has 0 aliphatic heterocycles. The Kier molecular flexibility index (Phi) is 10.8. The van der Waals surface area contributed by atoms with Crippen LogP contribution in [0.1, 0.15) is 0 Å². The molecular formula is C35H32S3. The molecule has 38 heavy (non-hydrogen) atoms. The summed E-state index contributed by atoms with van der Waals surface area (Å²) in [5, 5.41) is 5.32. The first-order valence-corrected chi connectivity index (χ1v) is 16.1. The standard InChI is InChI=1S/C13H12S.2C11H10S/c1-14-13-9-7-12(8-10-13)11-5-3-2-4-6-11;1-12-11-8-4-6-9-5-2-3-7-10(9)11;1-12-11-7-6-9-4-2-3-5-10(9)8-11/h2-10H,1H3;2*2-8H,1H3. The molecule has 0 spiro atoms. The third-order valence-corrected chi connectivity index (χ3v) is 8.39. The second kappa shape index (κ2) is 14.7. The van der Waals surface area contributed by atoms with Gasteiger partial charge in [0.15, 0.2) is 0 Å². The summed E-state index contributed by atoms with van der Waals surface area (Å²) in [7, 11) is 0. The fourth-order valence-corrected chi connectivity index (χ4v) is 5.56. The van der Waals surface area contributed by atoms with Crippen molar-refractivity contribution in [2.45, 2.75) is 14.7 Å². The SMILES string of the molecule is CSc1ccc(-c2ccccc2)cc1.CSc1ccc2ccccc2c1.CSc1cccc2ccccc12. The normalized spacial score (nSPS) is 10.3. The van der Waals surface area contributed by atoms with E-state index in [0.717, 1.165) is 0 Å². The summed E-state index contributed by atoms with van der Waals surface area (Å²) >= 11 is 5.35. The van der Waals surface area contributed by atoms with Gasteiger partial charge in [-0.2, -0.15) is 0 Å². The maximum absolute atomic E-state index is 2.22. The molecule has 6 aromatic rings. The topological polar surface area (TPSA) is 0 Å². The second-order valence-corrected chi connectivity index (χ2v) is 11.1. The van der Waals surface area contributed by atoms with Crippen LogP contribution in [0, 0.1) is 0 Å². The lowest BCUT2D eigenvalue weighted by Gasteiger charge is -2.01. The van der Waals surface area contributed by atoms with E-state index in [2.05, 4.69) is 152 Å². The van der Waals surface area contributed by atoms with Crippen LogP contribution >= 0.6 is 35.3 Å². The molecule has 6 rings (SSSR count). The van der Waals surface area contributed by atoms with E-state index < -0.39 is 0 Å². The first-order valence-electron chi connectivity index (χ1n) is 12.5. The fourth-order valence-electron chi connectivity index (χ4n) is 4.08. The van der Waals surface area contributed by atoms with Crippen molar-refractivity contribution in [1.29, 1.82) is 0 Å². The van der Waals surface area contributed by atoms with Crippen molar-refractivity contribution >= 4 is 56.8 Å². The van der Waals surface area contributed by atoms with Gasteiger partial charge in [0.25, 0.3) is 0 Å². The molecule has 0 aliphatic rings. The van der Waals surface area contributed by atoms with Gasteiger partial charge in [0.1, 0.15) is 0 Å². The summed E-state index contributed by atoms with van der Waals surface area (Å²) in [5.41, 5.74) is 2.56. The molecule has 0 nitrogen and oxygen atoms in total. The minimum absolute atomic E-state index is 1.28. The van der Waals surface area contributed by atoms with E-state index in [1.165, 1.54) is 47.4 Å². The molecule has 190 valence electrons. The molecule has 0 fully saturated rings. The van der Waals surface area contributed by atoms with Crippen molar-refractivity contribution in [1.82, 2.24) is 0 Å². The molecule has 0 atom stereocenters. The fraction of sp³-hybridized carbons (Fsp3) is 0.0857. The lowest BCUT2D eigenvalue weighted by Crippen LogP contribution is -1.76. The van der Waals surface area contributed by atoms with E-state index in [1.54, 1.807) is 35.3 Å². The van der Waals surface area contributed by atoms with E-state index in [9.17, 15) is 0 Å². The predicted octanol–water partition coefficient (Wildman–Crippen LogP) is 11.2. The number of hydrogen-bond acceptors (Lipinski definition) is 3. The van der Waals surface area contributed by atoms with E-state index in [0.29, 0.717) is 0 Å². The number of benzene rings is 6. The van der Waals surface area contributed by atoms with Crippen molar-refractivity contribution in [3.05, 3.63) is 140 Å². The first kappa shape index (κ1) is 27.9. The number of rotatable bonds is 4. The zero-order valence-electron chi connectivity index (χ0n) is 22.0. The molecule has 0 unspecified atom stereocenters. The average Bonchev–Trinajstić information content (AvgIpc) is 3.01. The maximum atomic E-state index is 2.22. The van der Waals surface area contributed by atoms with Crippen LogP contribution in [0.5, 0.6) is 0 Å². The van der Waals surface area contributed by atoms with E-state index in [-0.39, 0.29) is 0 Å². The molecule has 0 heterocycles. The monoisotopic (exact) mass is 548 g/mol. The molecule has 0 bridgehead atoms. The lowest BCUT2D eigenvalue weighted by atomic mass is 10.1. The van der Waals surface area contributed by atoms with Crippen LogP contribution in [0.2, 0.25) is 0 Å². The summed E-state index contributed by atoms with van der Waals surface area (Å²) in [5.74, 6) is 0. The number of fused-ring (bicyclic) bond motifs is 2. The minimum Gasteiger partial charge on any atom is -0.130 e. The van der Waals surface area contributed by atoms with Gasteiger partial charge in [-0.25, -0.2) is 0 Å². The molecule has 0 saturated heterocycles. The van der Waals surface area contributed by atoms with Gasteiger partial charge in [0.05, 0.1) is 0 Å². The Morgan fingerprint density at radius 3 is 1.61 bits per heavy atom. The summed E-state index contributed by atoms with van der Waals surface area (Å²) in [6.07, 6.45) is 6.31. The predicted molar refractivity (Wildman–Crippen MR) is 175 cm³/mol. The van der Waals surface area contributed by atoms with E-state index in [4.69, 9.17) is 0 Å². The molecular weight excluding hydrogens is 517 g/mol. The minimum atomic E-state index is 1.28. The van der Waals surface area contributed by atoms with Gasteiger partial charge < -0.3 is 0 Å². The van der Waals surface area contributed by atoms with Crippen molar-refractivity contribution in [3.8, 4) is 11.1 Å². The highest BCUT2D eigenvalue weighted by molar-refractivity contribution is 7.99. The summed E-state index contributed by atoms with van der Waals surface area (Å²) < 4.78 is 0. The van der Waals surface area contributed by atoms with E-state index >= 15 is 0 Å². The number of hydrogen-bond donors (Lipinski definition) is 0. The Labute approximate surface area is 239 Å². The molecule has 0 aromatic heterocycles. The largest absolute Gasteiger partial charge is 0.130 e. The Morgan fingerprint density at radius 2 is 0.921 bits per heavy atom. The molecule has 3 heteroatoms. The molecule has 0 radical (unpaired) electrons. The molecule has 0 N–H and O–H groups in total. The van der Waals surface area contributed by atoms with Gasteiger partial charge in [-0.05, 0) is 81.8 Å². The van der Waals surface area contributed by atoms with Gasteiger partial charge in [-0.3, -0.25) is 0 Å². The van der Waals surface area contributed by atoms with Crippen molar-refractivity contribution in [2.24, 2.45) is 0 Å². The lowest BCUT2D eigenvalue weighted by molar-refractivity contribution is 1.46. The Hall–Kier alpha value is -3.11. The molecule has 6 aromatic carbocycles. The molecule has 0 aliphatic carbocycles. The maximum Gasteiger partial charge on any atom is 0.0148 e. The molecule has 0 saturated carbocycles. The highest BCUT2D eigenvalue weighted by atomic mass is 32.2. The third kappa shape index (κ3) is 7.70. The van der Waals surface area contributed by atoms with Gasteiger partial charge in [-0.1, -0.05) is 109 Å². The van der Waals surface area contributed by atoms with Crippen LogP contribution in [0.15, 0.2) is 154 Å². The Bertz CT molecular complexity index is 1550. The average molecular weight is 549 g/mol. The highest BCUT2D eigenvalue weighted by Crippen LogP contribution is 2.26. The van der Waals surface area contributed by atoms with Gasteiger partial charge in [0, 0.05) is 14.7 Å².